The second-order valence-electron chi connectivity index (χ2n) is 5.98. The molecule has 3 aliphatic rings. The van der Waals surface area contributed by atoms with Gasteiger partial charge in [0.2, 0.25) is 0 Å². The van der Waals surface area contributed by atoms with E-state index in [-0.39, 0.29) is 16.6 Å². The maximum atomic E-state index is 14.2. The van der Waals surface area contributed by atoms with Gasteiger partial charge in [0.15, 0.2) is 0 Å². The molecule has 0 saturated heterocycles. The SMILES string of the molecule is Fc1cccc2c1C1(CC1)C1(c3cnc[nH]3)CC21. The van der Waals surface area contributed by atoms with Crippen molar-refractivity contribution in [1.82, 2.24) is 9.97 Å². The smallest absolute Gasteiger partial charge is 0.127 e. The van der Waals surface area contributed by atoms with Crippen LogP contribution in [0.2, 0.25) is 0 Å². The number of hydrogen-bond acceptors (Lipinski definition) is 1. The van der Waals surface area contributed by atoms with Crippen LogP contribution in [-0.2, 0) is 10.8 Å². The first-order chi connectivity index (χ1) is 8.80. The van der Waals surface area contributed by atoms with Crippen molar-refractivity contribution in [1.29, 1.82) is 0 Å². The van der Waals surface area contributed by atoms with Gasteiger partial charge >= 0.3 is 0 Å². The Bertz CT molecular complexity index is 657. The Labute approximate surface area is 104 Å². The first-order valence-corrected chi connectivity index (χ1v) is 6.57. The molecule has 1 aromatic heterocycles. The summed E-state index contributed by atoms with van der Waals surface area (Å²) in [4.78, 5) is 7.45. The molecule has 2 fully saturated rings. The van der Waals surface area contributed by atoms with Crippen molar-refractivity contribution in [2.45, 2.75) is 36.0 Å². The minimum atomic E-state index is -0.00362. The molecule has 0 radical (unpaired) electrons. The molecule has 0 bridgehead atoms. The summed E-state index contributed by atoms with van der Waals surface area (Å²) in [7, 11) is 0. The van der Waals surface area contributed by atoms with Crippen LogP contribution in [0.25, 0.3) is 0 Å². The highest BCUT2D eigenvalue weighted by Gasteiger charge is 2.78. The molecule has 0 amide bonds. The zero-order chi connectivity index (χ0) is 12.0. The van der Waals surface area contributed by atoms with E-state index in [9.17, 15) is 4.39 Å². The average Bonchev–Trinajstić information content (AvgIpc) is 3.22. The normalized spacial score (nSPS) is 33.3. The van der Waals surface area contributed by atoms with Gasteiger partial charge in [-0.25, -0.2) is 9.37 Å². The van der Waals surface area contributed by atoms with Gasteiger partial charge < -0.3 is 4.98 Å². The first kappa shape index (κ1) is 9.31. The number of halogens is 1. The van der Waals surface area contributed by atoms with E-state index < -0.39 is 0 Å². The number of aromatic amines is 1. The molecule has 90 valence electrons. The number of H-pyrrole nitrogens is 1. The minimum absolute atomic E-state index is 0.00362. The number of imidazole rings is 1. The molecule has 2 aromatic rings. The van der Waals surface area contributed by atoms with Crippen LogP contribution in [0.1, 0.15) is 42.0 Å². The summed E-state index contributed by atoms with van der Waals surface area (Å²) in [5.74, 6) is 0.502. The van der Waals surface area contributed by atoms with Gasteiger partial charge in [-0.3, -0.25) is 0 Å². The molecule has 2 atom stereocenters. The molecule has 1 spiro atoms. The second-order valence-corrected chi connectivity index (χ2v) is 5.98. The highest BCUT2D eigenvalue weighted by molar-refractivity contribution is 5.63. The Morgan fingerprint density at radius 3 is 2.94 bits per heavy atom. The van der Waals surface area contributed by atoms with Crippen molar-refractivity contribution in [3.63, 3.8) is 0 Å². The van der Waals surface area contributed by atoms with E-state index in [1.54, 1.807) is 12.4 Å². The molecule has 2 unspecified atom stereocenters. The van der Waals surface area contributed by atoms with Gasteiger partial charge in [0.05, 0.1) is 6.33 Å². The fourth-order valence-corrected chi connectivity index (χ4v) is 4.60. The van der Waals surface area contributed by atoms with Crippen molar-refractivity contribution < 1.29 is 4.39 Å². The lowest BCUT2D eigenvalue weighted by Gasteiger charge is -2.23. The van der Waals surface area contributed by atoms with Crippen LogP contribution < -0.4 is 0 Å². The minimum Gasteiger partial charge on any atom is -0.348 e. The van der Waals surface area contributed by atoms with Gasteiger partial charge in [0.1, 0.15) is 5.82 Å². The van der Waals surface area contributed by atoms with Crippen LogP contribution in [0.15, 0.2) is 30.7 Å². The molecule has 3 heteroatoms. The lowest BCUT2D eigenvalue weighted by atomic mass is 9.81. The maximum absolute atomic E-state index is 14.2. The number of hydrogen-bond donors (Lipinski definition) is 1. The Balaban J connectivity index is 1.81. The fraction of sp³-hybridized carbons (Fsp3) is 0.400. The number of fused-ring (bicyclic) bond motifs is 5. The third kappa shape index (κ3) is 0.753. The molecule has 1 heterocycles. The molecule has 18 heavy (non-hydrogen) atoms. The largest absolute Gasteiger partial charge is 0.348 e. The molecule has 2 saturated carbocycles. The van der Waals surface area contributed by atoms with Gasteiger partial charge in [-0.05, 0) is 42.4 Å². The van der Waals surface area contributed by atoms with Gasteiger partial charge in [-0.15, -0.1) is 0 Å². The maximum Gasteiger partial charge on any atom is 0.127 e. The van der Waals surface area contributed by atoms with Crippen LogP contribution in [0.3, 0.4) is 0 Å². The summed E-state index contributed by atoms with van der Waals surface area (Å²) in [6, 6.07) is 5.59. The standard InChI is InChI=1S/C15H13FN2/c16-11-3-1-2-9-10-6-15(10,12-7-17-8-18-12)14(4-5-14)13(9)11/h1-3,7-8,10H,4-6H2,(H,17,18). The third-order valence-electron chi connectivity index (χ3n) is 5.44. The lowest BCUT2D eigenvalue weighted by molar-refractivity contribution is 0.486. The molecular formula is C15H13FN2. The van der Waals surface area contributed by atoms with Gasteiger partial charge in [0, 0.05) is 22.7 Å². The van der Waals surface area contributed by atoms with Gasteiger partial charge in [0.25, 0.3) is 0 Å². The quantitative estimate of drug-likeness (QED) is 0.815. The highest BCUT2D eigenvalue weighted by atomic mass is 19.1. The number of rotatable bonds is 1. The van der Waals surface area contributed by atoms with Crippen molar-refractivity contribution in [3.05, 3.63) is 53.4 Å². The predicted octanol–water partition coefficient (Wildman–Crippen LogP) is 3.02. The fourth-order valence-electron chi connectivity index (χ4n) is 4.60. The summed E-state index contributed by atoms with van der Waals surface area (Å²) >= 11 is 0. The zero-order valence-corrected chi connectivity index (χ0v) is 9.91. The summed E-state index contributed by atoms with van der Waals surface area (Å²) in [6.07, 6.45) is 7.08. The van der Waals surface area contributed by atoms with Crippen LogP contribution in [0, 0.1) is 5.82 Å². The molecule has 3 aliphatic carbocycles. The van der Waals surface area contributed by atoms with Gasteiger partial charge in [-0.2, -0.15) is 0 Å². The van der Waals surface area contributed by atoms with E-state index in [1.165, 1.54) is 11.3 Å². The summed E-state index contributed by atoms with van der Waals surface area (Å²) in [5.41, 5.74) is 3.68. The van der Waals surface area contributed by atoms with E-state index in [0.29, 0.717) is 5.92 Å². The second kappa shape index (κ2) is 2.53. The number of nitrogens with one attached hydrogen (secondary N) is 1. The molecule has 1 N–H and O–H groups in total. The first-order valence-electron chi connectivity index (χ1n) is 6.57. The molecule has 1 aromatic carbocycles. The van der Waals surface area contributed by atoms with Crippen molar-refractivity contribution in [2.24, 2.45) is 0 Å². The van der Waals surface area contributed by atoms with Crippen molar-refractivity contribution in [2.75, 3.05) is 0 Å². The van der Waals surface area contributed by atoms with Crippen LogP contribution >= 0.6 is 0 Å². The highest BCUT2D eigenvalue weighted by Crippen LogP contribution is 2.82. The summed E-state index contributed by atoms with van der Waals surface area (Å²) < 4.78 is 14.2. The average molecular weight is 240 g/mol. The van der Waals surface area contributed by atoms with Crippen LogP contribution in [-0.4, -0.2) is 9.97 Å². The zero-order valence-electron chi connectivity index (χ0n) is 9.91. The predicted molar refractivity (Wildman–Crippen MR) is 64.9 cm³/mol. The molecular weight excluding hydrogens is 227 g/mol. The monoisotopic (exact) mass is 240 g/mol. The number of nitrogens with zero attached hydrogens (tertiary/aromatic N) is 1. The lowest BCUT2D eigenvalue weighted by Crippen LogP contribution is -2.25. The van der Waals surface area contributed by atoms with Gasteiger partial charge in [-0.1, -0.05) is 12.1 Å². The number of aromatic nitrogens is 2. The van der Waals surface area contributed by atoms with E-state index in [0.717, 1.165) is 24.8 Å². The Morgan fingerprint density at radius 1 is 1.33 bits per heavy atom. The van der Waals surface area contributed by atoms with E-state index in [1.807, 2.05) is 12.3 Å². The summed E-state index contributed by atoms with van der Waals surface area (Å²) in [6.45, 7) is 0. The topological polar surface area (TPSA) is 28.7 Å². The Hall–Kier alpha value is -1.64. The molecule has 5 rings (SSSR count). The molecule has 2 nitrogen and oxygen atoms in total. The van der Waals surface area contributed by atoms with Crippen LogP contribution in [0.5, 0.6) is 0 Å². The van der Waals surface area contributed by atoms with Crippen LogP contribution in [0.4, 0.5) is 4.39 Å². The van der Waals surface area contributed by atoms with E-state index in [4.69, 9.17) is 0 Å². The van der Waals surface area contributed by atoms with E-state index >= 15 is 0 Å². The third-order valence-corrected chi connectivity index (χ3v) is 5.44. The Morgan fingerprint density at radius 2 is 2.22 bits per heavy atom. The van der Waals surface area contributed by atoms with Crippen molar-refractivity contribution in [3.8, 4) is 0 Å². The number of benzene rings is 1. The summed E-state index contributed by atoms with van der Waals surface area (Å²) in [5, 5.41) is 0. The van der Waals surface area contributed by atoms with Crippen molar-refractivity contribution >= 4 is 0 Å². The molecule has 0 aliphatic heterocycles. The Kier molecular flexibility index (Phi) is 1.31. The van der Waals surface area contributed by atoms with E-state index in [2.05, 4.69) is 16.0 Å².